The van der Waals surface area contributed by atoms with Gasteiger partial charge in [0.1, 0.15) is 11.5 Å². The predicted octanol–water partition coefficient (Wildman–Crippen LogP) is 6.74. The van der Waals surface area contributed by atoms with Crippen LogP contribution in [0.2, 0.25) is 5.02 Å². The molecule has 4 heteroatoms. The lowest BCUT2D eigenvalue weighted by Crippen LogP contribution is -2.01. The van der Waals surface area contributed by atoms with Crippen molar-refractivity contribution in [2.45, 2.75) is 26.2 Å². The van der Waals surface area contributed by atoms with Crippen LogP contribution in [0, 0.1) is 6.92 Å². The Balaban J connectivity index is 1.62. The van der Waals surface area contributed by atoms with E-state index in [1.165, 1.54) is 27.8 Å². The zero-order valence-electron chi connectivity index (χ0n) is 16.9. The normalized spacial score (nSPS) is 12.6. The van der Waals surface area contributed by atoms with Crippen molar-refractivity contribution in [3.8, 4) is 11.5 Å². The first-order chi connectivity index (χ1) is 14.7. The van der Waals surface area contributed by atoms with Crippen LogP contribution in [-0.4, -0.2) is 11.5 Å². The monoisotopic (exact) mass is 414 g/mol. The standard InChI is InChI=1S/C26H23ClN2O/c1-17-21-15-16-28-26(21)25-22(12-9-18-7-10-19(27)11-8-18)24(14-13-23(25)29-17)30-20-5-3-2-4-6-20/h2-8,10-11,13-14,28H,9,12,15-16H2,1H3. The molecule has 5 rings (SSSR count). The fourth-order valence-electron chi connectivity index (χ4n) is 4.26. The first kappa shape index (κ1) is 19.0. The quantitative estimate of drug-likeness (QED) is 0.392. The Morgan fingerprint density at radius 1 is 0.967 bits per heavy atom. The van der Waals surface area contributed by atoms with Crippen molar-refractivity contribution in [1.82, 2.24) is 4.98 Å². The largest absolute Gasteiger partial charge is 0.457 e. The maximum absolute atomic E-state index is 6.34. The van der Waals surface area contributed by atoms with E-state index in [0.717, 1.165) is 53.5 Å². The van der Waals surface area contributed by atoms with Gasteiger partial charge in [0.15, 0.2) is 0 Å². The van der Waals surface area contributed by atoms with Crippen LogP contribution in [0.4, 0.5) is 5.69 Å². The molecular formula is C26H23ClN2O. The summed E-state index contributed by atoms with van der Waals surface area (Å²) in [5.74, 6) is 1.73. The number of hydrogen-bond donors (Lipinski definition) is 1. The Morgan fingerprint density at radius 3 is 2.57 bits per heavy atom. The lowest BCUT2D eigenvalue weighted by atomic mass is 9.96. The zero-order chi connectivity index (χ0) is 20.5. The molecule has 1 aromatic heterocycles. The van der Waals surface area contributed by atoms with Gasteiger partial charge < -0.3 is 10.1 Å². The van der Waals surface area contributed by atoms with Gasteiger partial charge in [-0.25, -0.2) is 0 Å². The van der Waals surface area contributed by atoms with E-state index < -0.39 is 0 Å². The van der Waals surface area contributed by atoms with Gasteiger partial charge in [0.25, 0.3) is 0 Å². The van der Waals surface area contributed by atoms with Gasteiger partial charge in [-0.1, -0.05) is 41.9 Å². The molecule has 1 aliphatic rings. The average Bonchev–Trinajstić information content (AvgIpc) is 3.26. The SMILES string of the molecule is Cc1nc2ccc(Oc3ccccc3)c(CCc3ccc(Cl)cc3)c2c2c1CCN2. The number of benzene rings is 3. The maximum Gasteiger partial charge on any atom is 0.131 e. The van der Waals surface area contributed by atoms with E-state index in [1.54, 1.807) is 0 Å². The molecule has 0 saturated carbocycles. The molecule has 2 heterocycles. The molecule has 1 aliphatic heterocycles. The van der Waals surface area contributed by atoms with E-state index in [-0.39, 0.29) is 0 Å². The molecule has 0 atom stereocenters. The van der Waals surface area contributed by atoms with Crippen LogP contribution in [0.3, 0.4) is 0 Å². The molecule has 3 aromatic carbocycles. The zero-order valence-corrected chi connectivity index (χ0v) is 17.7. The molecule has 0 radical (unpaired) electrons. The summed E-state index contributed by atoms with van der Waals surface area (Å²) in [5, 5.41) is 5.56. The summed E-state index contributed by atoms with van der Waals surface area (Å²) in [5.41, 5.74) is 7.14. The molecule has 0 aliphatic carbocycles. The topological polar surface area (TPSA) is 34.1 Å². The molecule has 150 valence electrons. The van der Waals surface area contributed by atoms with E-state index in [4.69, 9.17) is 21.3 Å². The van der Waals surface area contributed by atoms with Crippen molar-refractivity contribution in [2.24, 2.45) is 0 Å². The number of rotatable bonds is 5. The summed E-state index contributed by atoms with van der Waals surface area (Å²) in [6.45, 7) is 3.06. The minimum atomic E-state index is 0.763. The molecule has 30 heavy (non-hydrogen) atoms. The lowest BCUT2D eigenvalue weighted by molar-refractivity contribution is 0.477. The number of aromatic nitrogens is 1. The minimum absolute atomic E-state index is 0.763. The highest BCUT2D eigenvalue weighted by atomic mass is 35.5. The van der Waals surface area contributed by atoms with Gasteiger partial charge >= 0.3 is 0 Å². The van der Waals surface area contributed by atoms with E-state index in [2.05, 4.69) is 36.5 Å². The minimum Gasteiger partial charge on any atom is -0.457 e. The molecule has 1 N–H and O–H groups in total. The number of aryl methyl sites for hydroxylation is 3. The van der Waals surface area contributed by atoms with Crippen molar-refractivity contribution < 1.29 is 4.74 Å². The number of para-hydroxylation sites is 1. The maximum atomic E-state index is 6.34. The van der Waals surface area contributed by atoms with Crippen LogP contribution in [0.5, 0.6) is 11.5 Å². The molecule has 4 aromatic rings. The molecule has 0 spiro atoms. The van der Waals surface area contributed by atoms with Gasteiger partial charge in [0.2, 0.25) is 0 Å². The van der Waals surface area contributed by atoms with Crippen LogP contribution in [-0.2, 0) is 19.3 Å². The van der Waals surface area contributed by atoms with Gasteiger partial charge in [0.05, 0.1) is 5.52 Å². The van der Waals surface area contributed by atoms with Gasteiger partial charge in [-0.15, -0.1) is 0 Å². The van der Waals surface area contributed by atoms with Crippen LogP contribution in [0.25, 0.3) is 10.9 Å². The summed E-state index contributed by atoms with van der Waals surface area (Å²) >= 11 is 6.06. The summed E-state index contributed by atoms with van der Waals surface area (Å²) in [7, 11) is 0. The number of pyridine rings is 1. The number of hydrogen-bond acceptors (Lipinski definition) is 3. The Hall–Kier alpha value is -3.04. The summed E-state index contributed by atoms with van der Waals surface area (Å²) < 4.78 is 6.34. The molecule has 0 fully saturated rings. The number of nitrogens with zero attached hydrogens (tertiary/aromatic N) is 1. The van der Waals surface area contributed by atoms with Crippen LogP contribution in [0.1, 0.15) is 22.4 Å². The number of ether oxygens (including phenoxy) is 1. The Kier molecular flexibility index (Phi) is 5.06. The molecular weight excluding hydrogens is 392 g/mol. The predicted molar refractivity (Wildman–Crippen MR) is 124 cm³/mol. The van der Waals surface area contributed by atoms with Gasteiger partial charge in [-0.2, -0.15) is 0 Å². The molecule has 0 bridgehead atoms. The lowest BCUT2D eigenvalue weighted by Gasteiger charge is -2.17. The summed E-state index contributed by atoms with van der Waals surface area (Å²) in [4.78, 5) is 4.91. The first-order valence-corrected chi connectivity index (χ1v) is 10.7. The fraction of sp³-hybridized carbons (Fsp3) is 0.192. The molecule has 3 nitrogen and oxygen atoms in total. The van der Waals surface area contributed by atoms with Crippen molar-refractivity contribution in [2.75, 3.05) is 11.9 Å². The third kappa shape index (κ3) is 3.61. The highest BCUT2D eigenvalue weighted by molar-refractivity contribution is 6.30. The summed E-state index contributed by atoms with van der Waals surface area (Å²) in [6, 6.07) is 22.2. The molecule has 0 amide bonds. The van der Waals surface area contributed by atoms with Gasteiger partial charge in [-0.05, 0) is 73.7 Å². The second-order valence-electron chi connectivity index (χ2n) is 7.71. The van der Waals surface area contributed by atoms with Crippen LogP contribution < -0.4 is 10.1 Å². The Bertz CT molecular complexity index is 1200. The van der Waals surface area contributed by atoms with E-state index in [1.807, 2.05) is 42.5 Å². The van der Waals surface area contributed by atoms with Crippen molar-refractivity contribution in [3.63, 3.8) is 0 Å². The number of halogens is 1. The van der Waals surface area contributed by atoms with Crippen LogP contribution in [0.15, 0.2) is 66.7 Å². The van der Waals surface area contributed by atoms with Gasteiger partial charge in [0, 0.05) is 33.9 Å². The first-order valence-electron chi connectivity index (χ1n) is 10.4. The summed E-state index contributed by atoms with van der Waals surface area (Å²) in [6.07, 6.45) is 2.79. The smallest absolute Gasteiger partial charge is 0.131 e. The van der Waals surface area contributed by atoms with Crippen molar-refractivity contribution in [3.05, 3.63) is 94.1 Å². The molecule has 0 saturated heterocycles. The highest BCUT2D eigenvalue weighted by Gasteiger charge is 2.22. The number of fused-ring (bicyclic) bond motifs is 3. The highest BCUT2D eigenvalue weighted by Crippen LogP contribution is 2.40. The van der Waals surface area contributed by atoms with E-state index in [0.29, 0.717) is 0 Å². The number of anilines is 1. The number of nitrogens with one attached hydrogen (secondary N) is 1. The van der Waals surface area contributed by atoms with Crippen molar-refractivity contribution >= 4 is 28.2 Å². The average molecular weight is 415 g/mol. The third-order valence-electron chi connectivity index (χ3n) is 5.75. The second-order valence-corrected chi connectivity index (χ2v) is 8.14. The second kappa shape index (κ2) is 8.00. The van der Waals surface area contributed by atoms with Crippen molar-refractivity contribution in [1.29, 1.82) is 0 Å². The Morgan fingerprint density at radius 2 is 1.77 bits per heavy atom. The third-order valence-corrected chi connectivity index (χ3v) is 6.00. The molecule has 0 unspecified atom stereocenters. The Labute approximate surface area is 181 Å². The van der Waals surface area contributed by atoms with E-state index >= 15 is 0 Å². The van der Waals surface area contributed by atoms with Crippen LogP contribution >= 0.6 is 11.6 Å². The van der Waals surface area contributed by atoms with Gasteiger partial charge in [-0.3, -0.25) is 4.98 Å². The fourth-order valence-corrected chi connectivity index (χ4v) is 4.39. The van der Waals surface area contributed by atoms with E-state index in [9.17, 15) is 0 Å².